The minimum Gasteiger partial charge on any atom is -0.759 e. The first-order valence-electron chi connectivity index (χ1n) is 2.76. The van der Waals surface area contributed by atoms with E-state index in [2.05, 4.69) is 0 Å². The van der Waals surface area contributed by atoms with Crippen molar-refractivity contribution in [1.29, 1.82) is 0 Å². The predicted molar refractivity (Wildman–Crippen MR) is 69.1 cm³/mol. The molecular formula is H12K2NO16PS4. The van der Waals surface area contributed by atoms with E-state index in [9.17, 15) is 0 Å². The summed E-state index contributed by atoms with van der Waals surface area (Å²) in [5.41, 5.74) is 0. The monoisotopic (exact) mass is 519 g/mol. The van der Waals surface area contributed by atoms with Crippen molar-refractivity contribution >= 4 is 51.5 Å². The van der Waals surface area contributed by atoms with Gasteiger partial charge in [0.1, 0.15) is 0 Å². The normalized spacial score (nSPS) is 9.67. The second kappa shape index (κ2) is 22.4. The fraction of sp³-hybridized carbons (Fsp3) is 0. The third-order valence-corrected chi connectivity index (χ3v) is 0. The molecule has 24 heteroatoms. The van der Waals surface area contributed by atoms with E-state index in [0.29, 0.717) is 0 Å². The summed E-state index contributed by atoms with van der Waals surface area (Å²) >= 11 is 0. The van der Waals surface area contributed by atoms with Gasteiger partial charge < -0.3 is 15.3 Å². The molecule has 0 bridgehead atoms. The van der Waals surface area contributed by atoms with Gasteiger partial charge in [0.2, 0.25) is 0 Å². The van der Waals surface area contributed by atoms with Crippen molar-refractivity contribution in [1.82, 2.24) is 6.15 Å². The van der Waals surface area contributed by atoms with Gasteiger partial charge in [0.05, 0.1) is 0 Å². The zero-order chi connectivity index (χ0) is 18.0. The summed E-state index contributed by atoms with van der Waals surface area (Å²) < 4.78 is 129. The molecule has 9 N–H and O–H groups in total. The van der Waals surface area contributed by atoms with Crippen molar-refractivity contribution in [3.05, 3.63) is 0 Å². The van der Waals surface area contributed by atoms with E-state index in [0.717, 1.165) is 0 Å². The molecule has 0 aromatic rings. The number of hydrogen-bond acceptors (Lipinski definition) is 11. The summed E-state index contributed by atoms with van der Waals surface area (Å²) in [6.45, 7) is 0. The van der Waals surface area contributed by atoms with Gasteiger partial charge >= 0.3 is 134 Å². The Bertz CT molecular complexity index is 489. The largest absolute Gasteiger partial charge is 1.00 e. The second-order valence-electron chi connectivity index (χ2n) is 1.75. The van der Waals surface area contributed by atoms with Gasteiger partial charge in [0.25, 0.3) is 0 Å². The van der Waals surface area contributed by atoms with Gasteiger partial charge in [-0.05, 0) is 0 Å². The van der Waals surface area contributed by atoms with Crippen LogP contribution in [0.25, 0.3) is 0 Å². The van der Waals surface area contributed by atoms with Gasteiger partial charge in [-0.25, -0.2) is 0 Å². The van der Waals surface area contributed by atoms with Gasteiger partial charge in [0, 0.05) is 10.4 Å². The zero-order valence-electron chi connectivity index (χ0n) is 11.8. The van der Waals surface area contributed by atoms with E-state index in [-0.39, 0.29) is 119 Å². The maximum atomic E-state index is 8.74. The molecule has 0 aliphatic heterocycles. The Morgan fingerprint density at radius 3 is 0.500 bits per heavy atom. The van der Waals surface area contributed by atoms with Crippen LogP contribution in [-0.2, 0) is 41.6 Å². The molecule has 0 aromatic carbocycles. The van der Waals surface area contributed by atoms with Gasteiger partial charge in [-0.15, -0.1) is 0 Å². The van der Waals surface area contributed by atoms with Gasteiger partial charge in [-0.3, -0.25) is 35.7 Å². The third kappa shape index (κ3) is 1480. The molecule has 0 amide bonds. The van der Waals surface area contributed by atoms with E-state index in [1.54, 1.807) is 0 Å². The van der Waals surface area contributed by atoms with E-state index < -0.39 is 41.6 Å². The van der Waals surface area contributed by atoms with Crippen LogP contribution in [0.1, 0.15) is 0 Å². The Kier molecular flexibility index (Phi) is 47.3. The van der Waals surface area contributed by atoms with Crippen LogP contribution in [0.5, 0.6) is 0 Å². The minimum absolute atomic E-state index is 0. The minimum atomic E-state index is -5.17. The summed E-state index contributed by atoms with van der Waals surface area (Å²) in [7, 11) is -19.2. The smallest absolute Gasteiger partial charge is 0.759 e. The predicted octanol–water partition coefficient (Wildman–Crippen LogP) is -9.07. The maximum Gasteiger partial charge on any atom is 1.00 e. The van der Waals surface area contributed by atoms with E-state index in [1.807, 2.05) is 0 Å². The zero-order valence-corrected chi connectivity index (χ0v) is 22.7. The SMILES string of the molecule is N.O=S(=O)(O)O.O=S(=O)(O)O.O=S(=O)(O)O.O=S(=O)([O-])[O-].P.[K+].[K+]. The molecule has 0 heterocycles. The van der Waals surface area contributed by atoms with Crippen LogP contribution >= 0.6 is 9.90 Å². The molecule has 0 radical (unpaired) electrons. The summed E-state index contributed by atoms with van der Waals surface area (Å²) in [6, 6.07) is 0. The molecule has 0 aromatic heterocycles. The standard InChI is InChI=1S/2K.H3N.4H2O4S.H3P/c;;;4*1-5(2,3)4;/h;;1H3;4*(H2,1,2,3,4);1H3/q2*+1;;;;;;/p-2. The van der Waals surface area contributed by atoms with E-state index in [1.165, 1.54) is 0 Å². The molecule has 0 spiro atoms. The van der Waals surface area contributed by atoms with Crippen molar-refractivity contribution in [3.8, 4) is 0 Å². The van der Waals surface area contributed by atoms with Crippen LogP contribution in [-0.4, -0.2) is 70.1 Å². The molecule has 1 atom stereocenters. The first-order chi connectivity index (χ1) is 8.00. The van der Waals surface area contributed by atoms with Crippen molar-refractivity contribution in [3.63, 3.8) is 0 Å². The van der Waals surface area contributed by atoms with Crippen molar-refractivity contribution in [2.24, 2.45) is 0 Å². The first kappa shape index (κ1) is 50.6. The summed E-state index contributed by atoms with van der Waals surface area (Å²) in [4.78, 5) is 0. The number of hydrogen-bond donors (Lipinski definition) is 7. The fourth-order valence-electron chi connectivity index (χ4n) is 0. The van der Waals surface area contributed by atoms with Crippen LogP contribution in [0.2, 0.25) is 0 Å². The molecular weight excluding hydrogens is 507 g/mol. The molecule has 0 aliphatic rings. The molecule has 0 rings (SSSR count). The third-order valence-electron chi connectivity index (χ3n) is 0. The quantitative estimate of drug-likeness (QED) is 0.0675. The summed E-state index contributed by atoms with van der Waals surface area (Å²) in [5, 5.41) is 0. The number of rotatable bonds is 0. The molecule has 0 aliphatic carbocycles. The Hall–Kier alpha value is 3.14. The van der Waals surface area contributed by atoms with Crippen molar-refractivity contribution < 1.29 is 173 Å². The Balaban J connectivity index is -0.0000000225. The molecule has 24 heavy (non-hydrogen) atoms. The molecule has 0 fully saturated rings. The maximum absolute atomic E-state index is 8.74. The van der Waals surface area contributed by atoms with Crippen LogP contribution in [0.15, 0.2) is 0 Å². The molecule has 0 saturated heterocycles. The van der Waals surface area contributed by atoms with Crippen LogP contribution in [0, 0.1) is 0 Å². The van der Waals surface area contributed by atoms with Crippen LogP contribution in [0.3, 0.4) is 0 Å². The molecule has 1 unspecified atom stereocenters. The Morgan fingerprint density at radius 1 is 0.500 bits per heavy atom. The first-order valence-corrected chi connectivity index (χ1v) is 8.29. The van der Waals surface area contributed by atoms with Gasteiger partial charge in [-0.2, -0.15) is 35.2 Å². The summed E-state index contributed by atoms with van der Waals surface area (Å²) in [6.07, 6.45) is 0. The second-order valence-corrected chi connectivity index (χ2v) is 5.26. The molecule has 17 nitrogen and oxygen atoms in total. The summed E-state index contributed by atoms with van der Waals surface area (Å²) in [5.74, 6) is 0. The van der Waals surface area contributed by atoms with Crippen LogP contribution < -0.4 is 109 Å². The van der Waals surface area contributed by atoms with Crippen molar-refractivity contribution in [2.75, 3.05) is 0 Å². The Labute approximate surface area is 226 Å². The molecule has 144 valence electrons. The van der Waals surface area contributed by atoms with E-state index in [4.69, 9.17) is 70.1 Å². The molecule has 0 saturated carbocycles. The van der Waals surface area contributed by atoms with E-state index >= 15 is 0 Å². The van der Waals surface area contributed by atoms with Gasteiger partial charge in [0.15, 0.2) is 0 Å². The topological polar surface area (TPSA) is 339 Å². The average Bonchev–Trinajstić information content (AvgIpc) is 1.62. The van der Waals surface area contributed by atoms with Crippen molar-refractivity contribution in [2.45, 2.75) is 0 Å². The average molecular weight is 520 g/mol. The van der Waals surface area contributed by atoms with Crippen LogP contribution in [0.4, 0.5) is 0 Å². The van der Waals surface area contributed by atoms with Gasteiger partial charge in [-0.1, -0.05) is 0 Å². The fourth-order valence-corrected chi connectivity index (χ4v) is 0. The Morgan fingerprint density at radius 2 is 0.500 bits per heavy atom.